The maximum Gasteiger partial charge on any atom is 0.0787 e. The molecule has 0 amide bonds. The molecule has 0 heterocycles. The number of hydrogen-bond acceptors (Lipinski definition) is 1. The van der Waals surface area contributed by atoms with E-state index in [0.29, 0.717) is 0 Å². The molecule has 0 fully saturated rings. The molecule has 0 unspecified atom stereocenters. The average molecular weight is 186 g/mol. The number of aliphatic hydroxyl groups excluding tert-OH is 1. The number of rotatable bonds is 2. The monoisotopic (exact) mass is 186 g/mol. The van der Waals surface area contributed by atoms with Gasteiger partial charge in [-0.3, -0.25) is 0 Å². The molecule has 14 heavy (non-hydrogen) atoms. The van der Waals surface area contributed by atoms with Crippen LogP contribution in [-0.4, -0.2) is 5.11 Å². The second kappa shape index (κ2) is 3.81. The zero-order valence-corrected chi connectivity index (χ0v) is 8.27. The molecule has 1 atom stereocenters. The predicted molar refractivity (Wildman–Crippen MR) is 59.2 cm³/mol. The largest absolute Gasteiger partial charge is 0.388 e. The van der Waals surface area contributed by atoms with Crippen molar-refractivity contribution in [3.05, 3.63) is 48.0 Å². The van der Waals surface area contributed by atoms with Crippen LogP contribution in [0, 0.1) is 0 Å². The lowest BCUT2D eigenvalue weighted by molar-refractivity contribution is 0.174. The van der Waals surface area contributed by atoms with Crippen LogP contribution in [0.4, 0.5) is 0 Å². The highest BCUT2D eigenvalue weighted by Gasteiger charge is 2.04. The number of aliphatic hydroxyl groups is 1. The molecule has 72 valence electrons. The number of fused-ring (bicyclic) bond motifs is 1. The Morgan fingerprint density at radius 2 is 1.79 bits per heavy atom. The third kappa shape index (κ3) is 1.64. The van der Waals surface area contributed by atoms with Gasteiger partial charge >= 0.3 is 0 Å². The molecule has 0 aliphatic heterocycles. The van der Waals surface area contributed by atoms with Gasteiger partial charge < -0.3 is 5.11 Å². The molecule has 0 saturated carbocycles. The van der Waals surface area contributed by atoms with Crippen molar-refractivity contribution < 1.29 is 5.11 Å². The molecule has 1 heteroatoms. The van der Waals surface area contributed by atoms with Crippen molar-refractivity contribution in [2.75, 3.05) is 0 Å². The second-order valence-electron chi connectivity index (χ2n) is 3.53. The summed E-state index contributed by atoms with van der Waals surface area (Å²) in [5.41, 5.74) is 1.01. The Hall–Kier alpha value is -1.34. The molecule has 2 aromatic carbocycles. The molecule has 0 aliphatic rings. The van der Waals surface area contributed by atoms with Gasteiger partial charge in [-0.2, -0.15) is 0 Å². The first-order valence-corrected chi connectivity index (χ1v) is 4.98. The highest BCUT2D eigenvalue weighted by Crippen LogP contribution is 2.21. The summed E-state index contributed by atoms with van der Waals surface area (Å²) in [5, 5.41) is 12.1. The third-order valence-corrected chi connectivity index (χ3v) is 2.54. The Bertz CT molecular complexity index is 434. The minimum absolute atomic E-state index is 0.334. The van der Waals surface area contributed by atoms with Crippen molar-refractivity contribution in [3.63, 3.8) is 0 Å². The summed E-state index contributed by atoms with van der Waals surface area (Å²) in [4.78, 5) is 0. The van der Waals surface area contributed by atoms with Crippen LogP contribution in [0.15, 0.2) is 42.5 Å². The normalized spacial score (nSPS) is 13.0. The Morgan fingerprint density at radius 1 is 1.07 bits per heavy atom. The van der Waals surface area contributed by atoms with E-state index in [1.165, 1.54) is 10.8 Å². The Balaban J connectivity index is 2.51. The van der Waals surface area contributed by atoms with Crippen LogP contribution < -0.4 is 0 Å². The topological polar surface area (TPSA) is 20.2 Å². The van der Waals surface area contributed by atoms with Crippen LogP contribution in [0.1, 0.15) is 25.0 Å². The first kappa shape index (κ1) is 9.22. The molecule has 0 aliphatic carbocycles. The van der Waals surface area contributed by atoms with Crippen molar-refractivity contribution in [1.29, 1.82) is 0 Å². The van der Waals surface area contributed by atoms with E-state index in [1.807, 2.05) is 25.1 Å². The van der Waals surface area contributed by atoms with E-state index in [-0.39, 0.29) is 6.10 Å². The smallest absolute Gasteiger partial charge is 0.0787 e. The molecule has 0 spiro atoms. The molecular weight excluding hydrogens is 172 g/mol. The van der Waals surface area contributed by atoms with E-state index in [2.05, 4.69) is 24.3 Å². The highest BCUT2D eigenvalue weighted by atomic mass is 16.3. The summed E-state index contributed by atoms with van der Waals surface area (Å²) in [6, 6.07) is 14.3. The standard InChI is InChI=1S/C13H14O/c1-2-13(14)12-8-7-10-5-3-4-6-11(10)9-12/h3-9,13-14H,2H2,1H3/t13-/m0/s1. The van der Waals surface area contributed by atoms with Crippen molar-refractivity contribution in [3.8, 4) is 0 Å². The fourth-order valence-corrected chi connectivity index (χ4v) is 1.65. The summed E-state index contributed by atoms with van der Waals surface area (Å²) in [6.07, 6.45) is 0.429. The van der Waals surface area contributed by atoms with Crippen LogP contribution in [0.3, 0.4) is 0 Å². The van der Waals surface area contributed by atoms with Gasteiger partial charge in [0.15, 0.2) is 0 Å². The van der Waals surface area contributed by atoms with Gasteiger partial charge in [-0.05, 0) is 28.8 Å². The minimum atomic E-state index is -0.334. The van der Waals surface area contributed by atoms with Crippen LogP contribution >= 0.6 is 0 Å². The van der Waals surface area contributed by atoms with Crippen LogP contribution in [-0.2, 0) is 0 Å². The number of benzene rings is 2. The first-order valence-electron chi connectivity index (χ1n) is 4.98. The van der Waals surface area contributed by atoms with Crippen molar-refractivity contribution >= 4 is 10.8 Å². The Labute approximate surface area is 84.0 Å². The third-order valence-electron chi connectivity index (χ3n) is 2.54. The van der Waals surface area contributed by atoms with Gasteiger partial charge in [0.25, 0.3) is 0 Å². The zero-order chi connectivity index (χ0) is 9.97. The maximum absolute atomic E-state index is 9.69. The maximum atomic E-state index is 9.69. The van der Waals surface area contributed by atoms with Crippen molar-refractivity contribution in [2.24, 2.45) is 0 Å². The van der Waals surface area contributed by atoms with Gasteiger partial charge in [-0.15, -0.1) is 0 Å². The van der Waals surface area contributed by atoms with E-state index in [1.54, 1.807) is 0 Å². The summed E-state index contributed by atoms with van der Waals surface area (Å²) in [5.74, 6) is 0. The summed E-state index contributed by atoms with van der Waals surface area (Å²) < 4.78 is 0. The van der Waals surface area contributed by atoms with Crippen molar-refractivity contribution in [1.82, 2.24) is 0 Å². The average Bonchev–Trinajstić information content (AvgIpc) is 2.27. The molecule has 0 bridgehead atoms. The quantitative estimate of drug-likeness (QED) is 0.763. The zero-order valence-electron chi connectivity index (χ0n) is 8.27. The second-order valence-corrected chi connectivity index (χ2v) is 3.53. The van der Waals surface area contributed by atoms with E-state index in [4.69, 9.17) is 0 Å². The molecule has 2 aromatic rings. The van der Waals surface area contributed by atoms with Gasteiger partial charge in [-0.1, -0.05) is 43.3 Å². The molecule has 2 rings (SSSR count). The Morgan fingerprint density at radius 3 is 2.50 bits per heavy atom. The van der Waals surface area contributed by atoms with E-state index in [9.17, 15) is 5.11 Å². The van der Waals surface area contributed by atoms with Gasteiger partial charge in [0.2, 0.25) is 0 Å². The molecule has 0 aromatic heterocycles. The lowest BCUT2D eigenvalue weighted by Crippen LogP contribution is -1.94. The van der Waals surface area contributed by atoms with Crippen LogP contribution in [0.2, 0.25) is 0 Å². The molecule has 1 N–H and O–H groups in total. The van der Waals surface area contributed by atoms with Gasteiger partial charge in [0.1, 0.15) is 0 Å². The highest BCUT2D eigenvalue weighted by molar-refractivity contribution is 5.83. The van der Waals surface area contributed by atoms with Gasteiger partial charge in [-0.25, -0.2) is 0 Å². The van der Waals surface area contributed by atoms with Gasteiger partial charge in [0.05, 0.1) is 6.10 Å². The number of hydrogen-bond donors (Lipinski definition) is 1. The van der Waals surface area contributed by atoms with E-state index in [0.717, 1.165) is 12.0 Å². The van der Waals surface area contributed by atoms with Crippen molar-refractivity contribution in [2.45, 2.75) is 19.4 Å². The van der Waals surface area contributed by atoms with E-state index < -0.39 is 0 Å². The predicted octanol–water partition coefficient (Wildman–Crippen LogP) is 3.28. The lowest BCUT2D eigenvalue weighted by atomic mass is 10.0. The summed E-state index contributed by atoms with van der Waals surface area (Å²) in [6.45, 7) is 1.99. The molecule has 0 radical (unpaired) electrons. The fourth-order valence-electron chi connectivity index (χ4n) is 1.65. The molecule has 1 nitrogen and oxygen atoms in total. The summed E-state index contributed by atoms with van der Waals surface area (Å²) in [7, 11) is 0. The first-order chi connectivity index (χ1) is 6.81. The lowest BCUT2D eigenvalue weighted by Gasteiger charge is -2.08. The van der Waals surface area contributed by atoms with Crippen LogP contribution in [0.25, 0.3) is 10.8 Å². The van der Waals surface area contributed by atoms with E-state index >= 15 is 0 Å². The van der Waals surface area contributed by atoms with Crippen LogP contribution in [0.5, 0.6) is 0 Å². The molecular formula is C13H14O. The fraction of sp³-hybridized carbons (Fsp3) is 0.231. The SMILES string of the molecule is CC[C@H](O)c1ccc2ccccc2c1. The molecule has 0 saturated heterocycles. The Kier molecular flexibility index (Phi) is 2.51. The summed E-state index contributed by atoms with van der Waals surface area (Å²) >= 11 is 0. The van der Waals surface area contributed by atoms with Gasteiger partial charge in [0, 0.05) is 0 Å². The minimum Gasteiger partial charge on any atom is -0.388 e.